The molecule has 0 radical (unpaired) electrons. The number of halogens is 1. The van der Waals surface area contributed by atoms with Crippen LogP contribution < -0.4 is 0 Å². The van der Waals surface area contributed by atoms with Gasteiger partial charge >= 0.3 is 0 Å². The van der Waals surface area contributed by atoms with E-state index in [-0.39, 0.29) is 21.4 Å². The summed E-state index contributed by atoms with van der Waals surface area (Å²) in [6.45, 7) is 3.89. The Morgan fingerprint density at radius 3 is 2.00 bits per heavy atom. The number of alkyl halides is 1. The fourth-order valence-electron chi connectivity index (χ4n) is 1.33. The first-order chi connectivity index (χ1) is 7.73. The normalized spacial score (nSPS) is 13.7. The summed E-state index contributed by atoms with van der Waals surface area (Å²) in [6, 6.07) is 6.02. The summed E-state index contributed by atoms with van der Waals surface area (Å²) in [5, 5.41) is 0. The molecule has 1 aromatic carbocycles. The van der Waals surface area contributed by atoms with Gasteiger partial charge in [0.05, 0.1) is 9.72 Å². The molecule has 3 nitrogen and oxygen atoms in total. The molecule has 0 saturated heterocycles. The largest absolute Gasteiger partial charge is 0.293 e. The third-order valence-electron chi connectivity index (χ3n) is 2.40. The first kappa shape index (κ1) is 14.4. The SMILES string of the molecule is CC(C)C(Br)C(=O)c1ccc(S(C)(=O)=O)cc1. The Hall–Kier alpha value is -0.680. The molecule has 0 N–H and O–H groups in total. The third-order valence-corrected chi connectivity index (χ3v) is 5.00. The lowest BCUT2D eigenvalue weighted by atomic mass is 10.0. The van der Waals surface area contributed by atoms with Crippen LogP contribution in [0.15, 0.2) is 29.2 Å². The summed E-state index contributed by atoms with van der Waals surface area (Å²) in [5.74, 6) is 0.164. The van der Waals surface area contributed by atoms with Crippen molar-refractivity contribution in [2.75, 3.05) is 6.26 Å². The van der Waals surface area contributed by atoms with Crippen LogP contribution in [-0.2, 0) is 9.84 Å². The maximum Gasteiger partial charge on any atom is 0.176 e. The van der Waals surface area contributed by atoms with Crippen LogP contribution in [0.1, 0.15) is 24.2 Å². The molecule has 94 valence electrons. The highest BCUT2D eigenvalue weighted by molar-refractivity contribution is 9.10. The lowest BCUT2D eigenvalue weighted by molar-refractivity contribution is 0.0978. The molecule has 0 saturated carbocycles. The smallest absolute Gasteiger partial charge is 0.176 e. The molecule has 0 heterocycles. The molecule has 1 unspecified atom stereocenters. The Bertz CT molecular complexity index is 503. The highest BCUT2D eigenvalue weighted by Crippen LogP contribution is 2.19. The number of benzene rings is 1. The molecule has 1 atom stereocenters. The van der Waals surface area contributed by atoms with Gasteiger partial charge in [-0.3, -0.25) is 4.79 Å². The molecule has 0 aliphatic carbocycles. The van der Waals surface area contributed by atoms with Crippen LogP contribution in [0.25, 0.3) is 0 Å². The Balaban J connectivity index is 3.00. The van der Waals surface area contributed by atoms with E-state index in [0.717, 1.165) is 6.26 Å². The van der Waals surface area contributed by atoms with E-state index in [1.54, 1.807) is 12.1 Å². The Morgan fingerprint density at radius 1 is 1.18 bits per heavy atom. The number of Topliss-reactive ketones (excluding diaryl/α,β-unsaturated/α-hetero) is 1. The molecule has 0 fully saturated rings. The van der Waals surface area contributed by atoms with Crippen molar-refractivity contribution in [3.63, 3.8) is 0 Å². The van der Waals surface area contributed by atoms with E-state index in [0.29, 0.717) is 5.56 Å². The second kappa shape index (κ2) is 5.31. The minimum Gasteiger partial charge on any atom is -0.293 e. The topological polar surface area (TPSA) is 51.2 Å². The Kier molecular flexibility index (Phi) is 4.49. The van der Waals surface area contributed by atoms with E-state index in [1.807, 2.05) is 13.8 Å². The molecule has 0 spiro atoms. The molecule has 5 heteroatoms. The molecule has 0 aliphatic heterocycles. The minimum atomic E-state index is -3.20. The fourth-order valence-corrected chi connectivity index (χ4v) is 2.22. The third kappa shape index (κ3) is 3.64. The van der Waals surface area contributed by atoms with Crippen molar-refractivity contribution in [1.82, 2.24) is 0 Å². The van der Waals surface area contributed by atoms with Crippen LogP contribution in [0.4, 0.5) is 0 Å². The van der Waals surface area contributed by atoms with Gasteiger partial charge in [-0.15, -0.1) is 0 Å². The molecule has 0 bridgehead atoms. The molecule has 0 aliphatic rings. The van der Waals surface area contributed by atoms with Crippen LogP contribution in [0, 0.1) is 5.92 Å². The highest BCUT2D eigenvalue weighted by atomic mass is 79.9. The van der Waals surface area contributed by atoms with Crippen molar-refractivity contribution in [2.45, 2.75) is 23.6 Å². The van der Waals surface area contributed by atoms with Gasteiger partial charge in [-0.25, -0.2) is 8.42 Å². The van der Waals surface area contributed by atoms with Gasteiger partial charge in [-0.2, -0.15) is 0 Å². The second-order valence-corrected chi connectivity index (χ2v) is 7.31. The summed E-state index contributed by atoms with van der Waals surface area (Å²) in [4.78, 5) is 11.9. The summed E-state index contributed by atoms with van der Waals surface area (Å²) in [5.41, 5.74) is 0.521. The Labute approximate surface area is 110 Å². The number of carbonyl (C=O) groups is 1. The number of sulfone groups is 1. The predicted molar refractivity (Wildman–Crippen MR) is 71.4 cm³/mol. The van der Waals surface area contributed by atoms with Crippen LogP contribution >= 0.6 is 15.9 Å². The van der Waals surface area contributed by atoms with Gasteiger partial charge in [-0.05, 0) is 18.1 Å². The predicted octanol–water partition coefficient (Wildman–Crippen LogP) is 2.69. The monoisotopic (exact) mass is 318 g/mol. The second-order valence-electron chi connectivity index (χ2n) is 4.31. The lowest BCUT2D eigenvalue weighted by Gasteiger charge is -2.12. The van der Waals surface area contributed by atoms with Gasteiger partial charge in [0.1, 0.15) is 0 Å². The van der Waals surface area contributed by atoms with Crippen molar-refractivity contribution < 1.29 is 13.2 Å². The van der Waals surface area contributed by atoms with Crippen LogP contribution in [0.3, 0.4) is 0 Å². The zero-order chi connectivity index (χ0) is 13.2. The van der Waals surface area contributed by atoms with Gasteiger partial charge in [0.25, 0.3) is 0 Å². The number of carbonyl (C=O) groups excluding carboxylic acids is 1. The van der Waals surface area contributed by atoms with E-state index in [9.17, 15) is 13.2 Å². The van der Waals surface area contributed by atoms with Gasteiger partial charge in [0.2, 0.25) is 0 Å². The number of rotatable bonds is 4. The Morgan fingerprint density at radius 2 is 1.65 bits per heavy atom. The van der Waals surface area contributed by atoms with E-state index in [2.05, 4.69) is 15.9 Å². The molecule has 1 rings (SSSR count). The van der Waals surface area contributed by atoms with E-state index in [1.165, 1.54) is 12.1 Å². The molecular weight excluding hydrogens is 304 g/mol. The molecular formula is C12H15BrO3S. The summed E-state index contributed by atoms with van der Waals surface area (Å²) in [6.07, 6.45) is 1.14. The average Bonchev–Trinajstić information content (AvgIpc) is 2.26. The van der Waals surface area contributed by atoms with E-state index in [4.69, 9.17) is 0 Å². The zero-order valence-electron chi connectivity index (χ0n) is 9.98. The summed E-state index contributed by atoms with van der Waals surface area (Å²) in [7, 11) is -3.20. The number of ketones is 1. The van der Waals surface area contributed by atoms with Crippen LogP contribution in [0.2, 0.25) is 0 Å². The average molecular weight is 319 g/mol. The maximum absolute atomic E-state index is 12.0. The minimum absolute atomic E-state index is 0.0277. The van der Waals surface area contributed by atoms with Crippen molar-refractivity contribution in [3.8, 4) is 0 Å². The van der Waals surface area contributed by atoms with Crippen molar-refractivity contribution >= 4 is 31.6 Å². The molecule has 0 amide bonds. The number of hydrogen-bond acceptors (Lipinski definition) is 3. The standard InChI is InChI=1S/C12H15BrO3S/c1-8(2)11(13)12(14)9-4-6-10(7-5-9)17(3,15)16/h4-8,11H,1-3H3. The summed E-state index contributed by atoms with van der Waals surface area (Å²) >= 11 is 3.33. The number of hydrogen-bond donors (Lipinski definition) is 0. The van der Waals surface area contributed by atoms with Crippen molar-refractivity contribution in [3.05, 3.63) is 29.8 Å². The quantitative estimate of drug-likeness (QED) is 0.633. The highest BCUT2D eigenvalue weighted by Gasteiger charge is 2.20. The van der Waals surface area contributed by atoms with Crippen LogP contribution in [-0.4, -0.2) is 25.3 Å². The van der Waals surface area contributed by atoms with Gasteiger partial charge in [0, 0.05) is 11.8 Å². The maximum atomic E-state index is 12.0. The van der Waals surface area contributed by atoms with Crippen molar-refractivity contribution in [1.29, 1.82) is 0 Å². The van der Waals surface area contributed by atoms with Crippen molar-refractivity contribution in [2.24, 2.45) is 5.92 Å². The summed E-state index contributed by atoms with van der Waals surface area (Å²) < 4.78 is 22.5. The zero-order valence-corrected chi connectivity index (χ0v) is 12.4. The molecule has 1 aromatic rings. The van der Waals surface area contributed by atoms with Gasteiger partial charge < -0.3 is 0 Å². The van der Waals surface area contributed by atoms with Crippen LogP contribution in [0.5, 0.6) is 0 Å². The lowest BCUT2D eigenvalue weighted by Crippen LogP contribution is -2.20. The van der Waals surface area contributed by atoms with Gasteiger partial charge in [0.15, 0.2) is 15.6 Å². The first-order valence-electron chi connectivity index (χ1n) is 5.22. The van der Waals surface area contributed by atoms with Gasteiger partial charge in [-0.1, -0.05) is 41.9 Å². The first-order valence-corrected chi connectivity index (χ1v) is 8.02. The van der Waals surface area contributed by atoms with E-state index >= 15 is 0 Å². The van der Waals surface area contributed by atoms with E-state index < -0.39 is 9.84 Å². The fraction of sp³-hybridized carbons (Fsp3) is 0.417. The molecule has 0 aromatic heterocycles. The molecule has 17 heavy (non-hydrogen) atoms.